The van der Waals surface area contributed by atoms with Crippen molar-refractivity contribution >= 4 is 21.4 Å². The minimum atomic E-state index is -3.86. The smallest absolute Gasteiger partial charge is 0.266 e. The summed E-state index contributed by atoms with van der Waals surface area (Å²) in [7, 11) is -3.86. The van der Waals surface area contributed by atoms with Gasteiger partial charge >= 0.3 is 0 Å². The molecule has 0 spiro atoms. The summed E-state index contributed by atoms with van der Waals surface area (Å²) in [6.45, 7) is 3.93. The SMILES string of the molecule is CCc1ccccc1N(CC)S(=O)(=O)c1cccc([N+](=O)[O-])c1. The highest BCUT2D eigenvalue weighted by Gasteiger charge is 2.26. The molecular weight excluding hydrogens is 316 g/mol. The summed E-state index contributed by atoms with van der Waals surface area (Å²) in [5.41, 5.74) is 1.26. The Bertz CT molecular complexity index is 818. The van der Waals surface area contributed by atoms with Gasteiger partial charge < -0.3 is 0 Å². The first-order valence-electron chi connectivity index (χ1n) is 7.27. The van der Waals surface area contributed by atoms with E-state index in [1.54, 1.807) is 19.1 Å². The van der Waals surface area contributed by atoms with Crippen LogP contribution in [-0.4, -0.2) is 19.9 Å². The fourth-order valence-corrected chi connectivity index (χ4v) is 3.96. The second-order valence-electron chi connectivity index (χ2n) is 4.91. The Morgan fingerprint density at radius 2 is 1.78 bits per heavy atom. The third-order valence-corrected chi connectivity index (χ3v) is 5.43. The molecular formula is C16H18N2O4S. The standard InChI is InChI=1S/C16H18N2O4S/c1-3-13-8-5-6-11-16(13)17(4-2)23(21,22)15-10-7-9-14(12-15)18(19)20/h5-12H,3-4H2,1-2H3. The van der Waals surface area contributed by atoms with Crippen molar-refractivity contribution in [1.82, 2.24) is 0 Å². The number of non-ortho nitro benzene ring substituents is 1. The molecule has 0 radical (unpaired) electrons. The third kappa shape index (κ3) is 3.34. The number of benzene rings is 2. The minimum absolute atomic E-state index is 0.0838. The Morgan fingerprint density at radius 3 is 2.39 bits per heavy atom. The zero-order valence-corrected chi connectivity index (χ0v) is 13.8. The predicted molar refractivity (Wildman–Crippen MR) is 89.1 cm³/mol. The van der Waals surface area contributed by atoms with Crippen LogP contribution in [0.3, 0.4) is 0 Å². The summed E-state index contributed by atoms with van der Waals surface area (Å²) >= 11 is 0. The lowest BCUT2D eigenvalue weighted by Crippen LogP contribution is -2.31. The summed E-state index contributed by atoms with van der Waals surface area (Å²) in [4.78, 5) is 10.2. The van der Waals surface area contributed by atoms with E-state index in [-0.39, 0.29) is 17.1 Å². The summed E-state index contributed by atoms with van der Waals surface area (Å²) in [6, 6.07) is 12.4. The molecule has 0 heterocycles. The van der Waals surface area contributed by atoms with Gasteiger partial charge in [-0.2, -0.15) is 0 Å². The van der Waals surface area contributed by atoms with Gasteiger partial charge in [-0.25, -0.2) is 8.42 Å². The van der Waals surface area contributed by atoms with Gasteiger partial charge in [0.05, 0.1) is 15.5 Å². The molecule has 0 aliphatic rings. The molecule has 2 aromatic rings. The van der Waals surface area contributed by atoms with Crippen LogP contribution in [0, 0.1) is 10.1 Å². The average Bonchev–Trinajstić information content (AvgIpc) is 2.56. The van der Waals surface area contributed by atoms with Crippen LogP contribution in [0.1, 0.15) is 19.4 Å². The van der Waals surface area contributed by atoms with E-state index < -0.39 is 14.9 Å². The minimum Gasteiger partial charge on any atom is -0.266 e. The first-order chi connectivity index (χ1) is 10.9. The Kier molecular flexibility index (Phi) is 5.00. The van der Waals surface area contributed by atoms with Crippen molar-refractivity contribution in [2.45, 2.75) is 25.2 Å². The van der Waals surface area contributed by atoms with Crippen LogP contribution in [0.5, 0.6) is 0 Å². The monoisotopic (exact) mass is 334 g/mol. The maximum absolute atomic E-state index is 12.9. The summed E-state index contributed by atoms with van der Waals surface area (Å²) in [6.07, 6.45) is 0.692. The molecule has 0 saturated carbocycles. The fraction of sp³-hybridized carbons (Fsp3) is 0.250. The largest absolute Gasteiger partial charge is 0.270 e. The van der Waals surface area contributed by atoms with Gasteiger partial charge in [-0.3, -0.25) is 14.4 Å². The highest BCUT2D eigenvalue weighted by molar-refractivity contribution is 7.92. The highest BCUT2D eigenvalue weighted by atomic mass is 32.2. The molecule has 0 N–H and O–H groups in total. The van der Waals surface area contributed by atoms with Crippen LogP contribution >= 0.6 is 0 Å². The Labute approximate surface area is 135 Å². The predicted octanol–water partition coefficient (Wildman–Crippen LogP) is 3.37. The van der Waals surface area contributed by atoms with E-state index in [1.807, 2.05) is 19.1 Å². The molecule has 7 heteroatoms. The van der Waals surface area contributed by atoms with Gasteiger partial charge in [0.2, 0.25) is 0 Å². The number of anilines is 1. The van der Waals surface area contributed by atoms with Gasteiger partial charge in [0, 0.05) is 18.7 Å². The summed E-state index contributed by atoms with van der Waals surface area (Å²) in [5.74, 6) is 0. The number of nitro groups is 1. The lowest BCUT2D eigenvalue weighted by Gasteiger charge is -2.25. The first-order valence-corrected chi connectivity index (χ1v) is 8.71. The number of hydrogen-bond donors (Lipinski definition) is 0. The van der Waals surface area contributed by atoms with Gasteiger partial charge in [0.1, 0.15) is 0 Å². The molecule has 0 aliphatic carbocycles. The zero-order chi connectivity index (χ0) is 17.0. The molecule has 0 bridgehead atoms. The van der Waals surface area contributed by atoms with Crippen molar-refractivity contribution in [1.29, 1.82) is 0 Å². The van der Waals surface area contributed by atoms with Crippen LogP contribution in [-0.2, 0) is 16.4 Å². The number of rotatable bonds is 6. The Hall–Kier alpha value is -2.41. The molecule has 0 fully saturated rings. The van der Waals surface area contributed by atoms with E-state index in [9.17, 15) is 18.5 Å². The first kappa shape index (κ1) is 17.0. The van der Waals surface area contributed by atoms with E-state index in [4.69, 9.17) is 0 Å². The van der Waals surface area contributed by atoms with Crippen molar-refractivity contribution in [2.75, 3.05) is 10.8 Å². The molecule has 0 atom stereocenters. The molecule has 0 unspecified atom stereocenters. The van der Waals surface area contributed by atoms with Crippen LogP contribution in [0.15, 0.2) is 53.4 Å². The second-order valence-corrected chi connectivity index (χ2v) is 6.77. The van der Waals surface area contributed by atoms with Crippen molar-refractivity contribution in [3.8, 4) is 0 Å². The van der Waals surface area contributed by atoms with Crippen molar-refractivity contribution in [3.63, 3.8) is 0 Å². The maximum atomic E-state index is 12.9. The molecule has 0 saturated heterocycles. The van der Waals surface area contributed by atoms with Crippen LogP contribution in [0.4, 0.5) is 11.4 Å². The van der Waals surface area contributed by atoms with Gasteiger partial charge in [-0.1, -0.05) is 31.2 Å². The average molecular weight is 334 g/mol. The van der Waals surface area contributed by atoms with E-state index in [0.29, 0.717) is 12.1 Å². The van der Waals surface area contributed by atoms with Gasteiger partial charge in [-0.15, -0.1) is 0 Å². The molecule has 23 heavy (non-hydrogen) atoms. The fourth-order valence-electron chi connectivity index (χ4n) is 2.41. The molecule has 0 aromatic heterocycles. The Morgan fingerprint density at radius 1 is 1.09 bits per heavy atom. The Balaban J connectivity index is 2.56. The lowest BCUT2D eigenvalue weighted by molar-refractivity contribution is -0.385. The lowest BCUT2D eigenvalue weighted by atomic mass is 10.1. The number of para-hydroxylation sites is 1. The zero-order valence-electron chi connectivity index (χ0n) is 13.0. The number of aryl methyl sites for hydroxylation is 1. The van der Waals surface area contributed by atoms with Gasteiger partial charge in [0.25, 0.3) is 15.7 Å². The number of sulfonamides is 1. The normalized spacial score (nSPS) is 11.2. The summed E-state index contributed by atoms with van der Waals surface area (Å²) < 4.78 is 27.1. The highest BCUT2D eigenvalue weighted by Crippen LogP contribution is 2.28. The number of hydrogen-bond acceptors (Lipinski definition) is 4. The summed E-state index contributed by atoms with van der Waals surface area (Å²) in [5, 5.41) is 10.9. The quantitative estimate of drug-likeness (QED) is 0.599. The van der Waals surface area contributed by atoms with Crippen molar-refractivity contribution < 1.29 is 13.3 Å². The van der Waals surface area contributed by atoms with E-state index in [1.165, 1.54) is 22.5 Å². The molecule has 2 rings (SSSR count). The molecule has 0 aliphatic heterocycles. The van der Waals surface area contributed by atoms with Gasteiger partial charge in [-0.05, 0) is 31.0 Å². The third-order valence-electron chi connectivity index (χ3n) is 3.54. The molecule has 0 amide bonds. The second kappa shape index (κ2) is 6.78. The van der Waals surface area contributed by atoms with Crippen LogP contribution in [0.25, 0.3) is 0 Å². The maximum Gasteiger partial charge on any atom is 0.270 e. The van der Waals surface area contributed by atoms with Crippen LogP contribution < -0.4 is 4.31 Å². The molecule has 122 valence electrons. The van der Waals surface area contributed by atoms with E-state index in [2.05, 4.69) is 0 Å². The number of nitrogens with zero attached hydrogens (tertiary/aromatic N) is 2. The van der Waals surface area contributed by atoms with Crippen molar-refractivity contribution in [3.05, 3.63) is 64.2 Å². The van der Waals surface area contributed by atoms with Crippen LogP contribution in [0.2, 0.25) is 0 Å². The number of nitro benzene ring substituents is 1. The van der Waals surface area contributed by atoms with E-state index in [0.717, 1.165) is 11.6 Å². The van der Waals surface area contributed by atoms with Crippen molar-refractivity contribution in [2.24, 2.45) is 0 Å². The molecule has 2 aromatic carbocycles. The molecule has 6 nitrogen and oxygen atoms in total. The van der Waals surface area contributed by atoms with E-state index >= 15 is 0 Å². The van der Waals surface area contributed by atoms with Gasteiger partial charge in [0.15, 0.2) is 0 Å². The topological polar surface area (TPSA) is 80.5 Å².